The van der Waals surface area contributed by atoms with Crippen LogP contribution in [0.15, 0.2) is 53.4 Å². The quantitative estimate of drug-likeness (QED) is 0.537. The molecule has 0 aliphatic heterocycles. The third-order valence-electron chi connectivity index (χ3n) is 3.64. The van der Waals surface area contributed by atoms with E-state index in [0.717, 1.165) is 34.6 Å². The van der Waals surface area contributed by atoms with Gasteiger partial charge in [0.1, 0.15) is 0 Å². The van der Waals surface area contributed by atoms with Crippen LogP contribution in [-0.4, -0.2) is 17.4 Å². The molecule has 126 valence electrons. The maximum absolute atomic E-state index is 12.2. The second kappa shape index (κ2) is 9.28. The lowest BCUT2D eigenvalue weighted by Gasteiger charge is -2.06. The fourth-order valence-corrected chi connectivity index (χ4v) is 2.96. The third kappa shape index (κ3) is 5.85. The molecular formula is C20H23NO2S. The van der Waals surface area contributed by atoms with E-state index in [9.17, 15) is 9.59 Å². The van der Waals surface area contributed by atoms with Crippen LogP contribution in [0.5, 0.6) is 0 Å². The summed E-state index contributed by atoms with van der Waals surface area (Å²) in [5.74, 6) is 0.578. The molecule has 0 aliphatic rings. The summed E-state index contributed by atoms with van der Waals surface area (Å²) in [6.45, 7) is 4.07. The Labute approximate surface area is 147 Å². The summed E-state index contributed by atoms with van der Waals surface area (Å²) in [7, 11) is 0. The average molecular weight is 341 g/mol. The maximum Gasteiger partial charge on any atom is 0.224 e. The number of unbranched alkanes of at least 4 members (excludes halogenated alkanes) is 1. The normalized spacial score (nSPS) is 10.4. The van der Waals surface area contributed by atoms with Crippen LogP contribution in [0.1, 0.15) is 42.1 Å². The first-order valence-corrected chi connectivity index (χ1v) is 9.19. The first-order chi connectivity index (χ1) is 11.6. The van der Waals surface area contributed by atoms with Gasteiger partial charge in [0.15, 0.2) is 5.78 Å². The highest BCUT2D eigenvalue weighted by atomic mass is 32.2. The first kappa shape index (κ1) is 18.3. The minimum Gasteiger partial charge on any atom is -0.326 e. The molecule has 4 heteroatoms. The van der Waals surface area contributed by atoms with Gasteiger partial charge in [-0.15, -0.1) is 11.8 Å². The standard InChI is InChI=1S/C20H23NO2S/c1-3-4-5-20(23)21-17-10-12-18(13-11-17)24-14-19(22)16-8-6-15(2)7-9-16/h6-13H,3-5,14H2,1-2H3,(H,21,23). The number of nitrogens with one attached hydrogen (secondary N) is 1. The number of amides is 1. The lowest BCUT2D eigenvalue weighted by Crippen LogP contribution is -2.10. The van der Waals surface area contributed by atoms with E-state index in [1.54, 1.807) is 0 Å². The maximum atomic E-state index is 12.2. The third-order valence-corrected chi connectivity index (χ3v) is 4.65. The van der Waals surface area contributed by atoms with E-state index in [1.165, 1.54) is 11.8 Å². The molecule has 0 fully saturated rings. The molecule has 0 saturated carbocycles. The van der Waals surface area contributed by atoms with Gasteiger partial charge in [-0.05, 0) is 37.6 Å². The summed E-state index contributed by atoms with van der Waals surface area (Å²) in [5, 5.41) is 2.88. The molecule has 1 N–H and O–H groups in total. The molecule has 0 saturated heterocycles. The number of ketones is 1. The van der Waals surface area contributed by atoms with Crippen molar-refractivity contribution >= 4 is 29.1 Å². The lowest BCUT2D eigenvalue weighted by molar-refractivity contribution is -0.116. The number of hydrogen-bond acceptors (Lipinski definition) is 3. The SMILES string of the molecule is CCCCC(=O)Nc1ccc(SCC(=O)c2ccc(C)cc2)cc1. The van der Waals surface area contributed by atoms with E-state index < -0.39 is 0 Å². The fraction of sp³-hybridized carbons (Fsp3) is 0.300. The minimum absolute atomic E-state index is 0.0480. The second-order valence-corrected chi connectivity index (χ2v) is 6.80. The molecule has 0 atom stereocenters. The van der Waals surface area contributed by atoms with Gasteiger partial charge in [-0.1, -0.05) is 43.2 Å². The van der Waals surface area contributed by atoms with Crippen LogP contribution >= 0.6 is 11.8 Å². The highest BCUT2D eigenvalue weighted by Gasteiger charge is 2.07. The highest BCUT2D eigenvalue weighted by molar-refractivity contribution is 8.00. The summed E-state index contributed by atoms with van der Waals surface area (Å²) in [5.41, 5.74) is 2.69. The minimum atomic E-state index is 0.0480. The number of carbonyl (C=O) groups is 2. The Kier molecular flexibility index (Phi) is 7.07. The van der Waals surface area contributed by atoms with E-state index in [0.29, 0.717) is 12.2 Å². The van der Waals surface area contributed by atoms with E-state index in [1.807, 2.05) is 55.5 Å². The van der Waals surface area contributed by atoms with Gasteiger partial charge in [0.05, 0.1) is 5.75 Å². The van der Waals surface area contributed by atoms with Crippen molar-refractivity contribution in [1.29, 1.82) is 0 Å². The number of rotatable bonds is 8. The summed E-state index contributed by atoms with van der Waals surface area (Å²) in [6.07, 6.45) is 2.47. The van der Waals surface area contributed by atoms with Crippen molar-refractivity contribution < 1.29 is 9.59 Å². The molecule has 0 aliphatic carbocycles. The number of benzene rings is 2. The summed E-state index contributed by atoms with van der Waals surface area (Å²) < 4.78 is 0. The van der Waals surface area contributed by atoms with Crippen LogP contribution in [0, 0.1) is 6.92 Å². The van der Waals surface area contributed by atoms with Crippen LogP contribution < -0.4 is 5.32 Å². The first-order valence-electron chi connectivity index (χ1n) is 8.21. The Morgan fingerprint density at radius 1 is 1.00 bits per heavy atom. The zero-order chi connectivity index (χ0) is 17.4. The molecule has 2 aromatic rings. The molecule has 0 radical (unpaired) electrons. The van der Waals surface area contributed by atoms with Crippen molar-refractivity contribution in [3.63, 3.8) is 0 Å². The lowest BCUT2D eigenvalue weighted by atomic mass is 10.1. The number of hydrogen-bond donors (Lipinski definition) is 1. The number of aryl methyl sites for hydroxylation is 1. The van der Waals surface area contributed by atoms with Crippen molar-refractivity contribution in [1.82, 2.24) is 0 Å². The highest BCUT2D eigenvalue weighted by Crippen LogP contribution is 2.21. The molecule has 0 unspecified atom stereocenters. The van der Waals surface area contributed by atoms with Crippen molar-refractivity contribution in [3.8, 4) is 0 Å². The zero-order valence-electron chi connectivity index (χ0n) is 14.2. The second-order valence-electron chi connectivity index (χ2n) is 5.75. The van der Waals surface area contributed by atoms with Crippen LogP contribution in [0.3, 0.4) is 0 Å². The molecule has 2 aromatic carbocycles. The number of Topliss-reactive ketones (excluding diaryl/α,β-unsaturated/α-hetero) is 1. The Hall–Kier alpha value is -2.07. The van der Waals surface area contributed by atoms with Gasteiger partial charge in [0.25, 0.3) is 0 Å². The van der Waals surface area contributed by atoms with E-state index >= 15 is 0 Å². The van der Waals surface area contributed by atoms with Gasteiger partial charge in [-0.25, -0.2) is 0 Å². The van der Waals surface area contributed by atoms with Gasteiger partial charge in [0.2, 0.25) is 5.91 Å². The van der Waals surface area contributed by atoms with Crippen LogP contribution in [0.4, 0.5) is 5.69 Å². The van der Waals surface area contributed by atoms with Gasteiger partial charge < -0.3 is 5.32 Å². The van der Waals surface area contributed by atoms with Crippen LogP contribution in [-0.2, 0) is 4.79 Å². The smallest absolute Gasteiger partial charge is 0.224 e. The van der Waals surface area contributed by atoms with Crippen LogP contribution in [0.25, 0.3) is 0 Å². The molecular weight excluding hydrogens is 318 g/mol. The summed E-state index contributed by atoms with van der Waals surface area (Å²) in [4.78, 5) is 24.9. The van der Waals surface area contributed by atoms with Gasteiger partial charge >= 0.3 is 0 Å². The van der Waals surface area contributed by atoms with E-state index in [4.69, 9.17) is 0 Å². The molecule has 1 amide bonds. The van der Waals surface area contributed by atoms with E-state index in [-0.39, 0.29) is 11.7 Å². The topological polar surface area (TPSA) is 46.2 Å². The Morgan fingerprint density at radius 3 is 2.29 bits per heavy atom. The van der Waals surface area contributed by atoms with E-state index in [2.05, 4.69) is 12.2 Å². The predicted octanol–water partition coefficient (Wildman–Crippen LogP) is 5.10. The van der Waals surface area contributed by atoms with Crippen molar-refractivity contribution in [3.05, 3.63) is 59.7 Å². The molecule has 24 heavy (non-hydrogen) atoms. The van der Waals surface area contributed by atoms with Gasteiger partial charge in [-0.2, -0.15) is 0 Å². The van der Waals surface area contributed by atoms with Crippen LogP contribution in [0.2, 0.25) is 0 Å². The van der Waals surface area contributed by atoms with Crippen molar-refractivity contribution in [2.24, 2.45) is 0 Å². The summed E-state index contributed by atoms with van der Waals surface area (Å²) in [6, 6.07) is 15.3. The Bertz CT molecular complexity index is 678. The molecule has 3 nitrogen and oxygen atoms in total. The molecule has 2 rings (SSSR count). The van der Waals surface area contributed by atoms with Gasteiger partial charge in [-0.3, -0.25) is 9.59 Å². The fourth-order valence-electron chi connectivity index (χ4n) is 2.17. The number of anilines is 1. The Morgan fingerprint density at radius 2 is 1.67 bits per heavy atom. The Balaban J connectivity index is 1.84. The number of carbonyl (C=O) groups excluding carboxylic acids is 2. The molecule has 0 heterocycles. The molecule has 0 bridgehead atoms. The predicted molar refractivity (Wildman–Crippen MR) is 101 cm³/mol. The van der Waals surface area contributed by atoms with Crippen molar-refractivity contribution in [2.45, 2.75) is 38.0 Å². The van der Waals surface area contributed by atoms with Gasteiger partial charge in [0, 0.05) is 22.6 Å². The van der Waals surface area contributed by atoms with Crippen molar-refractivity contribution in [2.75, 3.05) is 11.1 Å². The number of thioether (sulfide) groups is 1. The molecule has 0 spiro atoms. The average Bonchev–Trinajstić information content (AvgIpc) is 2.59. The summed E-state index contributed by atoms with van der Waals surface area (Å²) >= 11 is 1.51. The molecule has 0 aromatic heterocycles. The zero-order valence-corrected chi connectivity index (χ0v) is 15.0. The largest absolute Gasteiger partial charge is 0.326 e. The monoisotopic (exact) mass is 341 g/mol.